The summed E-state index contributed by atoms with van der Waals surface area (Å²) in [5, 5.41) is 4.30. The second-order valence-electron chi connectivity index (χ2n) is 5.58. The zero-order valence-corrected chi connectivity index (χ0v) is 14.5. The molecule has 0 aliphatic heterocycles. The molecule has 0 unspecified atom stereocenters. The second kappa shape index (κ2) is 8.06. The molecule has 2 N–H and O–H groups in total. The minimum absolute atomic E-state index is 0.266. The van der Waals surface area contributed by atoms with Gasteiger partial charge in [0.15, 0.2) is 0 Å². The topological polar surface area (TPSA) is 76.0 Å². The maximum Gasteiger partial charge on any atom is 0.277 e. The highest BCUT2D eigenvalue weighted by molar-refractivity contribution is 7.87. The lowest BCUT2D eigenvalue weighted by Gasteiger charge is -2.07. The smallest absolute Gasteiger partial charge is 0.241 e. The van der Waals surface area contributed by atoms with E-state index in [-0.39, 0.29) is 6.54 Å². The quantitative estimate of drug-likeness (QED) is 0.648. The van der Waals surface area contributed by atoms with Gasteiger partial charge in [0, 0.05) is 19.3 Å². The van der Waals surface area contributed by atoms with Crippen LogP contribution in [0.1, 0.15) is 11.1 Å². The van der Waals surface area contributed by atoms with Crippen LogP contribution in [0.5, 0.6) is 0 Å². The molecule has 0 radical (unpaired) electrons. The van der Waals surface area contributed by atoms with E-state index in [1.165, 1.54) is 0 Å². The van der Waals surface area contributed by atoms with Crippen LogP contribution in [0.2, 0.25) is 0 Å². The summed E-state index contributed by atoms with van der Waals surface area (Å²) < 4.78 is 30.8. The first-order chi connectivity index (χ1) is 12.1. The van der Waals surface area contributed by atoms with Gasteiger partial charge in [-0.05, 0) is 29.7 Å². The molecule has 6 nitrogen and oxygen atoms in total. The van der Waals surface area contributed by atoms with Crippen molar-refractivity contribution in [2.45, 2.75) is 13.0 Å². The lowest BCUT2D eigenvalue weighted by atomic mass is 10.2. The molecule has 3 aromatic rings. The van der Waals surface area contributed by atoms with Crippen molar-refractivity contribution in [3.8, 4) is 5.69 Å². The minimum Gasteiger partial charge on any atom is -0.241 e. The number of benzene rings is 2. The molecule has 0 amide bonds. The van der Waals surface area contributed by atoms with Crippen molar-refractivity contribution in [2.24, 2.45) is 0 Å². The van der Waals surface area contributed by atoms with E-state index < -0.39 is 10.2 Å². The molecule has 2 aromatic carbocycles. The first-order valence-corrected chi connectivity index (χ1v) is 9.48. The van der Waals surface area contributed by atoms with Crippen LogP contribution in [0.4, 0.5) is 0 Å². The van der Waals surface area contributed by atoms with Gasteiger partial charge in [-0.15, -0.1) is 0 Å². The molecule has 0 bridgehead atoms. The molecule has 1 aromatic heterocycles. The third kappa shape index (κ3) is 5.25. The first-order valence-electron chi connectivity index (χ1n) is 7.99. The molecule has 0 saturated carbocycles. The van der Waals surface area contributed by atoms with Crippen LogP contribution in [-0.2, 0) is 23.2 Å². The zero-order chi connectivity index (χ0) is 17.5. The van der Waals surface area contributed by atoms with Crippen molar-refractivity contribution in [2.75, 3.05) is 6.54 Å². The van der Waals surface area contributed by atoms with Gasteiger partial charge in [0.2, 0.25) is 0 Å². The lowest BCUT2D eigenvalue weighted by molar-refractivity contribution is 0.566. The lowest BCUT2D eigenvalue weighted by Crippen LogP contribution is -2.37. The zero-order valence-electron chi connectivity index (χ0n) is 13.7. The largest absolute Gasteiger partial charge is 0.277 e. The van der Waals surface area contributed by atoms with Gasteiger partial charge < -0.3 is 0 Å². The van der Waals surface area contributed by atoms with Crippen molar-refractivity contribution >= 4 is 10.2 Å². The summed E-state index contributed by atoms with van der Waals surface area (Å²) in [6, 6.07) is 19.2. The second-order valence-corrected chi connectivity index (χ2v) is 7.17. The van der Waals surface area contributed by atoms with E-state index in [1.54, 1.807) is 10.9 Å². The van der Waals surface area contributed by atoms with E-state index in [1.807, 2.05) is 66.9 Å². The summed E-state index contributed by atoms with van der Waals surface area (Å²) in [5.41, 5.74) is 2.85. The fourth-order valence-electron chi connectivity index (χ4n) is 2.37. The van der Waals surface area contributed by atoms with E-state index in [0.29, 0.717) is 13.0 Å². The van der Waals surface area contributed by atoms with Gasteiger partial charge in [-0.2, -0.15) is 18.2 Å². The fraction of sp³-hybridized carbons (Fsp3) is 0.167. The van der Waals surface area contributed by atoms with E-state index in [4.69, 9.17) is 0 Å². The number of rotatable bonds is 8. The van der Waals surface area contributed by atoms with E-state index in [9.17, 15) is 8.42 Å². The van der Waals surface area contributed by atoms with Crippen LogP contribution in [0.3, 0.4) is 0 Å². The molecule has 0 saturated heterocycles. The molecule has 0 spiro atoms. The third-order valence-electron chi connectivity index (χ3n) is 3.67. The van der Waals surface area contributed by atoms with Crippen LogP contribution in [0.15, 0.2) is 73.1 Å². The predicted octanol–water partition coefficient (Wildman–Crippen LogP) is 2.04. The summed E-state index contributed by atoms with van der Waals surface area (Å²) in [6.07, 6.45) is 4.22. The van der Waals surface area contributed by atoms with Crippen LogP contribution in [0, 0.1) is 0 Å². The Bertz CT molecular complexity index is 893. The average Bonchev–Trinajstić information content (AvgIpc) is 3.11. The van der Waals surface area contributed by atoms with Gasteiger partial charge in [-0.3, -0.25) is 0 Å². The summed E-state index contributed by atoms with van der Waals surface area (Å²) >= 11 is 0. The Morgan fingerprint density at radius 2 is 1.56 bits per heavy atom. The number of nitrogens with one attached hydrogen (secondary N) is 2. The Balaban J connectivity index is 1.48. The normalized spacial score (nSPS) is 11.5. The molecule has 0 fully saturated rings. The Morgan fingerprint density at radius 3 is 2.28 bits per heavy atom. The Morgan fingerprint density at radius 1 is 0.880 bits per heavy atom. The van der Waals surface area contributed by atoms with Crippen LogP contribution >= 0.6 is 0 Å². The number of hydrogen-bond donors (Lipinski definition) is 2. The maximum atomic E-state index is 12.0. The summed E-state index contributed by atoms with van der Waals surface area (Å²) in [4.78, 5) is 0. The minimum atomic E-state index is -3.52. The van der Waals surface area contributed by atoms with E-state index in [2.05, 4.69) is 14.5 Å². The highest BCUT2D eigenvalue weighted by atomic mass is 32.2. The van der Waals surface area contributed by atoms with Crippen molar-refractivity contribution < 1.29 is 8.42 Å². The monoisotopic (exact) mass is 356 g/mol. The fourth-order valence-corrected chi connectivity index (χ4v) is 3.20. The summed E-state index contributed by atoms with van der Waals surface area (Å²) in [6.45, 7) is 0.576. The molecule has 130 valence electrons. The van der Waals surface area contributed by atoms with Gasteiger partial charge in [0.25, 0.3) is 10.2 Å². The van der Waals surface area contributed by atoms with Crippen molar-refractivity contribution in [1.82, 2.24) is 19.2 Å². The average molecular weight is 356 g/mol. The van der Waals surface area contributed by atoms with Gasteiger partial charge in [0.05, 0.1) is 11.9 Å². The van der Waals surface area contributed by atoms with Gasteiger partial charge >= 0.3 is 0 Å². The number of para-hydroxylation sites is 1. The standard InChI is InChI=1S/C18H20N4O2S/c23-25(24,21-14-16-7-3-1-4-8-16)20-12-11-17-13-19-22(15-17)18-9-5-2-6-10-18/h1-10,13,15,20-21H,11-12,14H2. The number of aromatic nitrogens is 2. The predicted molar refractivity (Wildman–Crippen MR) is 97.5 cm³/mol. The van der Waals surface area contributed by atoms with Gasteiger partial charge in [-0.1, -0.05) is 48.5 Å². The van der Waals surface area contributed by atoms with E-state index in [0.717, 1.165) is 16.8 Å². The SMILES string of the molecule is O=S(=O)(NCCc1cnn(-c2ccccc2)c1)NCc1ccccc1. The van der Waals surface area contributed by atoms with Gasteiger partial charge in [-0.25, -0.2) is 9.40 Å². The van der Waals surface area contributed by atoms with E-state index >= 15 is 0 Å². The highest BCUT2D eigenvalue weighted by Crippen LogP contribution is 2.07. The van der Waals surface area contributed by atoms with Gasteiger partial charge in [0.1, 0.15) is 0 Å². The molecule has 1 heterocycles. The van der Waals surface area contributed by atoms with Crippen LogP contribution < -0.4 is 9.44 Å². The molecule has 3 rings (SSSR count). The summed E-state index contributed by atoms with van der Waals surface area (Å²) in [7, 11) is -3.52. The molecular weight excluding hydrogens is 336 g/mol. The first kappa shape index (κ1) is 17.3. The number of hydrogen-bond acceptors (Lipinski definition) is 3. The van der Waals surface area contributed by atoms with Crippen molar-refractivity contribution in [3.05, 3.63) is 84.2 Å². The Labute approximate surface area is 147 Å². The maximum absolute atomic E-state index is 12.0. The van der Waals surface area contributed by atoms with Crippen LogP contribution in [0.25, 0.3) is 5.69 Å². The summed E-state index contributed by atoms with van der Waals surface area (Å²) in [5.74, 6) is 0. The molecule has 0 aliphatic carbocycles. The molecule has 7 heteroatoms. The highest BCUT2D eigenvalue weighted by Gasteiger charge is 2.09. The van der Waals surface area contributed by atoms with Crippen LogP contribution in [-0.4, -0.2) is 24.7 Å². The molecule has 0 atom stereocenters. The van der Waals surface area contributed by atoms with Crippen molar-refractivity contribution in [3.63, 3.8) is 0 Å². The molecule has 0 aliphatic rings. The number of nitrogens with zero attached hydrogens (tertiary/aromatic N) is 2. The Hall–Kier alpha value is -2.48. The van der Waals surface area contributed by atoms with Crippen molar-refractivity contribution in [1.29, 1.82) is 0 Å². The molecular formula is C18H20N4O2S. The molecule has 25 heavy (non-hydrogen) atoms. The third-order valence-corrected chi connectivity index (χ3v) is 4.78. The Kier molecular flexibility index (Phi) is 5.60.